The molecule has 1 saturated heterocycles. The van der Waals surface area contributed by atoms with E-state index in [2.05, 4.69) is 15.3 Å². The first kappa shape index (κ1) is 23.1. The van der Waals surface area contributed by atoms with E-state index >= 15 is 0 Å². The number of aromatic nitrogens is 2. The highest BCUT2D eigenvalue weighted by molar-refractivity contribution is 5.95. The number of hydrogen-bond acceptors (Lipinski definition) is 6. The molecule has 1 aliphatic heterocycles. The van der Waals surface area contributed by atoms with Gasteiger partial charge < -0.3 is 15.0 Å². The van der Waals surface area contributed by atoms with Crippen molar-refractivity contribution in [2.24, 2.45) is 5.92 Å². The summed E-state index contributed by atoms with van der Waals surface area (Å²) in [5.41, 5.74) is 3.64. The van der Waals surface area contributed by atoms with Gasteiger partial charge in [-0.05, 0) is 42.2 Å². The van der Waals surface area contributed by atoms with Crippen LogP contribution in [-0.2, 0) is 14.3 Å². The number of anilines is 1. The minimum atomic E-state index is -0.513. The van der Waals surface area contributed by atoms with Crippen molar-refractivity contribution in [3.05, 3.63) is 66.5 Å². The highest BCUT2D eigenvalue weighted by atomic mass is 16.5. The molecule has 174 valence electrons. The highest BCUT2D eigenvalue weighted by Gasteiger charge is 2.26. The van der Waals surface area contributed by atoms with Crippen LogP contribution in [0.15, 0.2) is 60.9 Å². The van der Waals surface area contributed by atoms with Crippen LogP contribution < -0.4 is 5.32 Å². The molecule has 0 saturated carbocycles. The number of benzene rings is 1. The molecule has 3 heterocycles. The van der Waals surface area contributed by atoms with Crippen LogP contribution in [0.5, 0.6) is 0 Å². The van der Waals surface area contributed by atoms with Crippen molar-refractivity contribution in [1.82, 2.24) is 14.9 Å². The molecule has 8 heteroatoms. The summed E-state index contributed by atoms with van der Waals surface area (Å²) in [6, 6.07) is 14.8. The molecule has 4 rings (SSSR count). The van der Waals surface area contributed by atoms with E-state index < -0.39 is 5.97 Å². The number of hydrogen-bond donors (Lipinski definition) is 1. The number of esters is 1. The van der Waals surface area contributed by atoms with Gasteiger partial charge >= 0.3 is 5.97 Å². The monoisotopic (exact) mass is 458 g/mol. The molecule has 3 aromatic rings. The van der Waals surface area contributed by atoms with E-state index in [4.69, 9.17) is 4.74 Å². The van der Waals surface area contributed by atoms with E-state index in [1.807, 2.05) is 36.4 Å². The maximum Gasteiger partial charge on any atom is 0.338 e. The van der Waals surface area contributed by atoms with Gasteiger partial charge in [0.1, 0.15) is 5.82 Å². The van der Waals surface area contributed by atoms with Gasteiger partial charge in [-0.25, -0.2) is 9.78 Å². The summed E-state index contributed by atoms with van der Waals surface area (Å²) in [6.07, 6.45) is 4.69. The number of ether oxygens (including phenoxy) is 1. The number of rotatable bonds is 5. The molecule has 0 atom stereocenters. The molecule has 0 bridgehead atoms. The molecule has 0 radical (unpaired) electrons. The third-order valence-electron chi connectivity index (χ3n) is 5.98. The number of pyridine rings is 2. The molecule has 0 unspecified atom stereocenters. The highest BCUT2D eigenvalue weighted by Crippen LogP contribution is 2.26. The van der Waals surface area contributed by atoms with E-state index in [1.54, 1.807) is 23.4 Å². The second kappa shape index (κ2) is 10.2. The maximum absolute atomic E-state index is 12.9. The zero-order valence-corrected chi connectivity index (χ0v) is 19.2. The molecule has 1 fully saturated rings. The Morgan fingerprint density at radius 1 is 1.00 bits per heavy atom. The van der Waals surface area contributed by atoms with Gasteiger partial charge in [-0.3, -0.25) is 14.6 Å². The standard InChI is InChI=1S/C26H26N4O4/c1-17(31)30-12-9-20(10-13-30)25(32)29-24-15-22(26(33)34-2)14-23(28-24)19-7-5-18(6-8-19)21-4-3-11-27-16-21/h3-8,11,14-16,20H,9-10,12-13H2,1-2H3,(H,28,29,32). The number of likely N-dealkylation sites (tertiary alicyclic amines) is 1. The summed E-state index contributed by atoms with van der Waals surface area (Å²) in [7, 11) is 1.31. The summed E-state index contributed by atoms with van der Waals surface area (Å²) >= 11 is 0. The predicted octanol–water partition coefficient (Wildman–Crippen LogP) is 3.79. The average molecular weight is 459 g/mol. The first-order chi connectivity index (χ1) is 16.4. The van der Waals surface area contributed by atoms with E-state index in [0.29, 0.717) is 37.2 Å². The quantitative estimate of drug-likeness (QED) is 0.584. The minimum Gasteiger partial charge on any atom is -0.465 e. The molecular formula is C26H26N4O4. The largest absolute Gasteiger partial charge is 0.465 e. The van der Waals surface area contributed by atoms with Crippen molar-refractivity contribution in [2.45, 2.75) is 19.8 Å². The Labute approximate surface area is 198 Å². The predicted molar refractivity (Wildman–Crippen MR) is 128 cm³/mol. The fourth-order valence-electron chi connectivity index (χ4n) is 4.03. The third kappa shape index (κ3) is 5.28. The second-order valence-electron chi connectivity index (χ2n) is 8.21. The Hall–Kier alpha value is -4.07. The lowest BCUT2D eigenvalue weighted by Gasteiger charge is -2.30. The molecular weight excluding hydrogens is 432 g/mol. The molecule has 8 nitrogen and oxygen atoms in total. The number of amides is 2. The average Bonchev–Trinajstić information content (AvgIpc) is 2.88. The molecule has 1 aromatic carbocycles. The SMILES string of the molecule is COC(=O)c1cc(NC(=O)C2CCN(C(C)=O)CC2)nc(-c2ccc(-c3cccnc3)cc2)c1. The Bertz CT molecular complexity index is 1190. The Morgan fingerprint density at radius 2 is 1.71 bits per heavy atom. The second-order valence-corrected chi connectivity index (χ2v) is 8.21. The van der Waals surface area contributed by atoms with Gasteiger partial charge in [-0.2, -0.15) is 0 Å². The van der Waals surface area contributed by atoms with Crippen LogP contribution in [0.3, 0.4) is 0 Å². The summed E-state index contributed by atoms with van der Waals surface area (Å²) in [5, 5.41) is 2.85. The van der Waals surface area contributed by atoms with Gasteiger partial charge in [0.05, 0.1) is 18.4 Å². The molecule has 2 amide bonds. The van der Waals surface area contributed by atoms with E-state index in [9.17, 15) is 14.4 Å². The van der Waals surface area contributed by atoms with Gasteiger partial charge in [0.15, 0.2) is 0 Å². The van der Waals surface area contributed by atoms with Crippen LogP contribution in [0.4, 0.5) is 5.82 Å². The number of nitrogens with one attached hydrogen (secondary N) is 1. The van der Waals surface area contributed by atoms with Gasteiger partial charge in [0.2, 0.25) is 11.8 Å². The van der Waals surface area contributed by atoms with E-state index in [1.165, 1.54) is 20.1 Å². The van der Waals surface area contributed by atoms with Gasteiger partial charge in [0.25, 0.3) is 0 Å². The van der Waals surface area contributed by atoms with Crippen molar-refractivity contribution in [2.75, 3.05) is 25.5 Å². The molecule has 0 aliphatic carbocycles. The number of carbonyl (C=O) groups is 3. The Kier molecular flexibility index (Phi) is 6.96. The van der Waals surface area contributed by atoms with Crippen LogP contribution >= 0.6 is 0 Å². The van der Waals surface area contributed by atoms with Crippen LogP contribution in [0.25, 0.3) is 22.4 Å². The fraction of sp³-hybridized carbons (Fsp3) is 0.269. The first-order valence-corrected chi connectivity index (χ1v) is 11.1. The van der Waals surface area contributed by atoms with Crippen LogP contribution in [0, 0.1) is 5.92 Å². The lowest BCUT2D eigenvalue weighted by Crippen LogP contribution is -2.40. The van der Waals surface area contributed by atoms with Crippen molar-refractivity contribution in [1.29, 1.82) is 0 Å². The van der Waals surface area contributed by atoms with Crippen molar-refractivity contribution in [3.63, 3.8) is 0 Å². The topological polar surface area (TPSA) is 101 Å². The molecule has 1 N–H and O–H groups in total. The van der Waals surface area contributed by atoms with Crippen LogP contribution in [0.2, 0.25) is 0 Å². The van der Waals surface area contributed by atoms with E-state index in [0.717, 1.165) is 16.7 Å². The lowest BCUT2D eigenvalue weighted by atomic mass is 9.96. The summed E-state index contributed by atoms with van der Waals surface area (Å²) < 4.78 is 4.89. The zero-order chi connectivity index (χ0) is 24.1. The maximum atomic E-state index is 12.9. The molecule has 2 aromatic heterocycles. The normalized spacial score (nSPS) is 13.9. The van der Waals surface area contributed by atoms with Crippen molar-refractivity contribution in [3.8, 4) is 22.4 Å². The van der Waals surface area contributed by atoms with Crippen molar-refractivity contribution >= 4 is 23.6 Å². The smallest absolute Gasteiger partial charge is 0.338 e. The number of piperidine rings is 1. The van der Waals surface area contributed by atoms with Gasteiger partial charge in [-0.15, -0.1) is 0 Å². The van der Waals surface area contributed by atoms with Gasteiger partial charge in [0, 0.05) is 43.9 Å². The molecule has 0 spiro atoms. The number of carbonyl (C=O) groups excluding carboxylic acids is 3. The van der Waals surface area contributed by atoms with E-state index in [-0.39, 0.29) is 23.6 Å². The number of methoxy groups -OCH3 is 1. The third-order valence-corrected chi connectivity index (χ3v) is 5.98. The first-order valence-electron chi connectivity index (χ1n) is 11.1. The van der Waals surface area contributed by atoms with Gasteiger partial charge in [-0.1, -0.05) is 30.3 Å². The minimum absolute atomic E-state index is 0.0190. The zero-order valence-electron chi connectivity index (χ0n) is 19.2. The van der Waals surface area contributed by atoms with Crippen LogP contribution in [-0.4, -0.2) is 52.9 Å². The Morgan fingerprint density at radius 3 is 2.32 bits per heavy atom. The summed E-state index contributed by atoms with van der Waals surface area (Å²) in [5.74, 6) is -0.600. The molecule has 34 heavy (non-hydrogen) atoms. The van der Waals surface area contributed by atoms with Crippen molar-refractivity contribution < 1.29 is 19.1 Å². The number of nitrogens with zero attached hydrogens (tertiary/aromatic N) is 3. The summed E-state index contributed by atoms with van der Waals surface area (Å²) in [4.78, 5) is 47.2. The van der Waals surface area contributed by atoms with Crippen LogP contribution in [0.1, 0.15) is 30.1 Å². The summed E-state index contributed by atoms with van der Waals surface area (Å²) in [6.45, 7) is 2.64. The lowest BCUT2D eigenvalue weighted by molar-refractivity contribution is -0.132. The fourth-order valence-corrected chi connectivity index (χ4v) is 4.03. The Balaban J connectivity index is 1.56. The molecule has 1 aliphatic rings.